The van der Waals surface area contributed by atoms with Gasteiger partial charge in [-0.15, -0.1) is 0 Å². The topological polar surface area (TPSA) is 49.3 Å². The first kappa shape index (κ1) is 13.1. The Morgan fingerprint density at radius 1 is 1.26 bits per heavy atom. The molecule has 1 aromatic carbocycles. The van der Waals surface area contributed by atoms with Crippen molar-refractivity contribution in [2.45, 2.75) is 36.6 Å². The van der Waals surface area contributed by atoms with Crippen LogP contribution >= 0.6 is 11.6 Å². The van der Waals surface area contributed by atoms with E-state index in [4.69, 9.17) is 11.6 Å². The Labute approximate surface area is 118 Å². The van der Waals surface area contributed by atoms with Crippen molar-refractivity contribution in [2.75, 3.05) is 13.2 Å². The first-order chi connectivity index (χ1) is 9.13. The third kappa shape index (κ3) is 2.00. The molecular weight excluding hydrogens is 262 g/mol. The lowest BCUT2D eigenvalue weighted by molar-refractivity contribution is -0.129. The van der Waals surface area contributed by atoms with Crippen LogP contribution < -0.4 is 5.32 Å². The molecule has 3 rings (SSSR count). The molecule has 0 spiro atoms. The fraction of sp³-hybridized carbons (Fsp3) is 0.533. The SMILES string of the molecule is O=C(C1(c2ccc(Cl)cc2)CC1)[C@]1(CO)CCCN1. The lowest BCUT2D eigenvalue weighted by Gasteiger charge is -2.30. The fourth-order valence-corrected chi connectivity index (χ4v) is 3.33. The molecule has 1 heterocycles. The van der Waals surface area contributed by atoms with E-state index in [1.165, 1.54) is 0 Å². The third-order valence-electron chi connectivity index (χ3n) is 4.53. The molecule has 2 fully saturated rings. The predicted octanol–water partition coefficient (Wildman–Crippen LogP) is 2.06. The van der Waals surface area contributed by atoms with E-state index in [0.29, 0.717) is 5.02 Å². The van der Waals surface area contributed by atoms with Gasteiger partial charge in [0, 0.05) is 5.02 Å². The number of rotatable bonds is 4. The van der Waals surface area contributed by atoms with Crippen molar-refractivity contribution in [3.63, 3.8) is 0 Å². The summed E-state index contributed by atoms with van der Waals surface area (Å²) in [5.41, 5.74) is -0.0933. The Morgan fingerprint density at radius 3 is 2.42 bits per heavy atom. The lowest BCUT2D eigenvalue weighted by Crippen LogP contribution is -2.55. The Kier molecular flexibility index (Phi) is 3.16. The van der Waals surface area contributed by atoms with Crippen LogP contribution in [0.4, 0.5) is 0 Å². The van der Waals surface area contributed by atoms with Crippen molar-refractivity contribution in [1.82, 2.24) is 5.32 Å². The molecule has 0 amide bonds. The normalized spacial score (nSPS) is 28.3. The molecule has 102 valence electrons. The van der Waals surface area contributed by atoms with E-state index in [2.05, 4.69) is 5.32 Å². The summed E-state index contributed by atoms with van der Waals surface area (Å²) in [7, 11) is 0. The van der Waals surface area contributed by atoms with Crippen LogP contribution in [0.1, 0.15) is 31.2 Å². The van der Waals surface area contributed by atoms with E-state index < -0.39 is 11.0 Å². The smallest absolute Gasteiger partial charge is 0.165 e. The van der Waals surface area contributed by atoms with Gasteiger partial charge in [0.05, 0.1) is 12.0 Å². The number of nitrogens with one attached hydrogen (secondary N) is 1. The summed E-state index contributed by atoms with van der Waals surface area (Å²) in [6.07, 6.45) is 3.43. The Hall–Kier alpha value is -0.900. The highest BCUT2D eigenvalue weighted by Crippen LogP contribution is 2.52. The first-order valence-corrected chi connectivity index (χ1v) is 7.18. The van der Waals surface area contributed by atoms with Gasteiger partial charge in [0.15, 0.2) is 5.78 Å². The van der Waals surface area contributed by atoms with Gasteiger partial charge in [-0.2, -0.15) is 0 Å². The van der Waals surface area contributed by atoms with Crippen LogP contribution in [0, 0.1) is 0 Å². The number of carbonyl (C=O) groups excluding carboxylic acids is 1. The monoisotopic (exact) mass is 279 g/mol. The van der Waals surface area contributed by atoms with E-state index in [0.717, 1.165) is 37.8 Å². The highest BCUT2D eigenvalue weighted by Gasteiger charge is 2.58. The number of aliphatic hydroxyl groups excluding tert-OH is 1. The van der Waals surface area contributed by atoms with Crippen LogP contribution in [-0.2, 0) is 10.2 Å². The van der Waals surface area contributed by atoms with Crippen LogP contribution in [0.3, 0.4) is 0 Å². The minimum absolute atomic E-state index is 0.110. The molecule has 1 saturated heterocycles. The number of halogens is 1. The van der Waals surface area contributed by atoms with Crippen LogP contribution in [-0.4, -0.2) is 29.6 Å². The van der Waals surface area contributed by atoms with Crippen LogP contribution in [0.25, 0.3) is 0 Å². The number of hydrogen-bond acceptors (Lipinski definition) is 3. The Balaban J connectivity index is 1.92. The maximum atomic E-state index is 12.9. The average Bonchev–Trinajstić information content (AvgIpc) is 3.10. The number of ketones is 1. The minimum atomic E-state index is -0.726. The molecule has 1 atom stereocenters. The summed E-state index contributed by atoms with van der Waals surface area (Å²) in [5, 5.41) is 13.6. The summed E-state index contributed by atoms with van der Waals surface area (Å²) in [5.74, 6) is 0.155. The highest BCUT2D eigenvalue weighted by atomic mass is 35.5. The molecule has 2 N–H and O–H groups in total. The number of hydrogen-bond donors (Lipinski definition) is 2. The van der Waals surface area contributed by atoms with Crippen molar-refractivity contribution in [1.29, 1.82) is 0 Å². The second-order valence-corrected chi connectivity index (χ2v) is 6.13. The van der Waals surface area contributed by atoms with Gasteiger partial charge in [-0.25, -0.2) is 0 Å². The van der Waals surface area contributed by atoms with E-state index in [1.807, 2.05) is 24.3 Å². The summed E-state index contributed by atoms with van der Waals surface area (Å²) < 4.78 is 0. The number of Topliss-reactive ketones (excluding diaryl/α,β-unsaturated/α-hetero) is 1. The molecule has 1 saturated carbocycles. The molecule has 19 heavy (non-hydrogen) atoms. The predicted molar refractivity (Wildman–Crippen MR) is 74.4 cm³/mol. The molecule has 3 nitrogen and oxygen atoms in total. The van der Waals surface area contributed by atoms with Gasteiger partial charge in [0.1, 0.15) is 5.54 Å². The zero-order valence-electron chi connectivity index (χ0n) is 10.8. The zero-order chi connectivity index (χ0) is 13.5. The summed E-state index contributed by atoms with van der Waals surface area (Å²) >= 11 is 5.91. The van der Waals surface area contributed by atoms with Crippen LogP contribution in [0.5, 0.6) is 0 Å². The summed E-state index contributed by atoms with van der Waals surface area (Å²) in [6.45, 7) is 0.699. The maximum Gasteiger partial charge on any atom is 0.165 e. The molecule has 0 unspecified atom stereocenters. The molecule has 0 radical (unpaired) electrons. The Bertz CT molecular complexity index is 487. The zero-order valence-corrected chi connectivity index (χ0v) is 11.5. The first-order valence-electron chi connectivity index (χ1n) is 6.80. The number of aliphatic hydroxyl groups is 1. The van der Waals surface area contributed by atoms with Crippen molar-refractivity contribution in [2.24, 2.45) is 0 Å². The van der Waals surface area contributed by atoms with Gasteiger partial charge >= 0.3 is 0 Å². The van der Waals surface area contributed by atoms with Crippen molar-refractivity contribution in [3.05, 3.63) is 34.9 Å². The molecular formula is C15H18ClNO2. The lowest BCUT2D eigenvalue weighted by atomic mass is 9.79. The van der Waals surface area contributed by atoms with Crippen molar-refractivity contribution >= 4 is 17.4 Å². The van der Waals surface area contributed by atoms with E-state index in [1.54, 1.807) is 0 Å². The van der Waals surface area contributed by atoms with E-state index in [9.17, 15) is 9.90 Å². The van der Waals surface area contributed by atoms with Gasteiger partial charge in [0.25, 0.3) is 0 Å². The molecule has 2 aliphatic rings. The second-order valence-electron chi connectivity index (χ2n) is 5.69. The van der Waals surface area contributed by atoms with Gasteiger partial charge in [-0.3, -0.25) is 4.79 Å². The van der Waals surface area contributed by atoms with Gasteiger partial charge < -0.3 is 10.4 Å². The van der Waals surface area contributed by atoms with Gasteiger partial charge in [0.2, 0.25) is 0 Å². The maximum absolute atomic E-state index is 12.9. The van der Waals surface area contributed by atoms with Crippen LogP contribution in [0.15, 0.2) is 24.3 Å². The molecule has 0 aromatic heterocycles. The number of carbonyl (C=O) groups is 1. The molecule has 1 aliphatic carbocycles. The van der Waals surface area contributed by atoms with Crippen LogP contribution in [0.2, 0.25) is 5.02 Å². The van der Waals surface area contributed by atoms with Crippen molar-refractivity contribution < 1.29 is 9.90 Å². The highest BCUT2D eigenvalue weighted by molar-refractivity contribution is 6.30. The minimum Gasteiger partial charge on any atom is -0.394 e. The average molecular weight is 280 g/mol. The molecule has 1 aromatic rings. The van der Waals surface area contributed by atoms with E-state index in [-0.39, 0.29) is 12.4 Å². The second kappa shape index (κ2) is 4.58. The quantitative estimate of drug-likeness (QED) is 0.887. The largest absolute Gasteiger partial charge is 0.394 e. The summed E-state index contributed by atoms with van der Waals surface area (Å²) in [6, 6.07) is 7.54. The fourth-order valence-electron chi connectivity index (χ4n) is 3.21. The molecule has 0 bridgehead atoms. The van der Waals surface area contributed by atoms with Gasteiger partial charge in [-0.05, 0) is 49.9 Å². The standard InChI is InChI=1S/C15H18ClNO2/c16-12-4-2-11(3-5-12)14(7-8-14)13(19)15(10-18)6-1-9-17-15/h2-5,17-18H,1,6-10H2/t15-/m1/s1. The van der Waals surface area contributed by atoms with Gasteiger partial charge in [-0.1, -0.05) is 23.7 Å². The summed E-state index contributed by atoms with van der Waals surface area (Å²) in [4.78, 5) is 12.9. The van der Waals surface area contributed by atoms with E-state index >= 15 is 0 Å². The number of benzene rings is 1. The molecule has 4 heteroatoms. The molecule has 1 aliphatic heterocycles. The third-order valence-corrected chi connectivity index (χ3v) is 4.78. The van der Waals surface area contributed by atoms with Crippen molar-refractivity contribution in [3.8, 4) is 0 Å². The Morgan fingerprint density at radius 2 is 1.95 bits per heavy atom.